The maximum atomic E-state index is 11.5. The topological polar surface area (TPSA) is 64.3 Å². The molecule has 0 saturated heterocycles. The molecule has 0 aliphatic rings. The van der Waals surface area contributed by atoms with Crippen LogP contribution in [0.15, 0.2) is 18.2 Å². The Bertz CT molecular complexity index is 408. The van der Waals surface area contributed by atoms with Crippen LogP contribution in [0, 0.1) is 0 Å². The van der Waals surface area contributed by atoms with Crippen LogP contribution in [-0.2, 0) is 4.74 Å². The van der Waals surface area contributed by atoms with Crippen LogP contribution in [0.25, 0.3) is 0 Å². The summed E-state index contributed by atoms with van der Waals surface area (Å²) in [5.41, 5.74) is 7.67. The third-order valence-corrected chi connectivity index (χ3v) is 2.07. The van der Waals surface area contributed by atoms with Crippen LogP contribution in [-0.4, -0.2) is 18.1 Å². The Kier molecular flexibility index (Phi) is 3.99. The number of rotatable bonds is 3. The molecular formula is C13H20N2O2. The van der Waals surface area contributed by atoms with E-state index in [1.807, 2.05) is 20.8 Å². The molecule has 0 aliphatic heterocycles. The number of ether oxygens (including phenoxy) is 1. The second kappa shape index (κ2) is 5.08. The van der Waals surface area contributed by atoms with Crippen LogP contribution < -0.4 is 11.1 Å². The van der Waals surface area contributed by atoms with Crippen molar-refractivity contribution in [3.05, 3.63) is 23.8 Å². The van der Waals surface area contributed by atoms with E-state index in [-0.39, 0.29) is 11.5 Å². The fraction of sp³-hybridized carbons (Fsp3) is 0.462. The average molecular weight is 236 g/mol. The Morgan fingerprint density at radius 1 is 1.41 bits per heavy atom. The van der Waals surface area contributed by atoms with Crippen LogP contribution in [0.5, 0.6) is 0 Å². The average Bonchev–Trinajstić information content (AvgIpc) is 2.19. The molecule has 0 saturated carbocycles. The maximum Gasteiger partial charge on any atom is 0.338 e. The molecule has 4 heteroatoms. The Morgan fingerprint density at radius 2 is 2.06 bits per heavy atom. The monoisotopic (exact) mass is 236 g/mol. The first-order chi connectivity index (χ1) is 7.83. The molecule has 17 heavy (non-hydrogen) atoms. The quantitative estimate of drug-likeness (QED) is 0.625. The van der Waals surface area contributed by atoms with Gasteiger partial charge >= 0.3 is 5.97 Å². The van der Waals surface area contributed by atoms with Crippen LogP contribution in [0.2, 0.25) is 0 Å². The summed E-state index contributed by atoms with van der Waals surface area (Å²) in [6.07, 6.45) is 0. The van der Waals surface area contributed by atoms with Gasteiger partial charge in [-0.15, -0.1) is 0 Å². The summed E-state index contributed by atoms with van der Waals surface area (Å²) in [5.74, 6) is -0.346. The van der Waals surface area contributed by atoms with Gasteiger partial charge in [-0.1, -0.05) is 0 Å². The first-order valence-electron chi connectivity index (χ1n) is 5.68. The lowest BCUT2D eigenvalue weighted by Crippen LogP contribution is -2.26. The van der Waals surface area contributed by atoms with Gasteiger partial charge in [0.05, 0.1) is 23.5 Å². The SMILES string of the molecule is CCOC(=O)c1ccc(NC(C)(C)C)c(N)c1. The number of carbonyl (C=O) groups excluding carboxylic acids is 1. The van der Waals surface area contributed by atoms with Gasteiger partial charge in [-0.05, 0) is 45.9 Å². The number of hydrogen-bond acceptors (Lipinski definition) is 4. The van der Waals surface area contributed by atoms with E-state index in [4.69, 9.17) is 10.5 Å². The smallest absolute Gasteiger partial charge is 0.338 e. The van der Waals surface area contributed by atoms with E-state index < -0.39 is 0 Å². The molecule has 0 fully saturated rings. The number of hydrogen-bond donors (Lipinski definition) is 2. The number of esters is 1. The minimum Gasteiger partial charge on any atom is -0.462 e. The minimum absolute atomic E-state index is 0.0699. The van der Waals surface area contributed by atoms with Gasteiger partial charge in [-0.25, -0.2) is 4.79 Å². The van der Waals surface area contributed by atoms with E-state index >= 15 is 0 Å². The summed E-state index contributed by atoms with van der Waals surface area (Å²) < 4.78 is 4.91. The molecule has 0 aliphatic carbocycles. The van der Waals surface area contributed by atoms with Gasteiger partial charge in [0.1, 0.15) is 0 Å². The van der Waals surface area contributed by atoms with Crippen molar-refractivity contribution in [3.8, 4) is 0 Å². The van der Waals surface area contributed by atoms with Gasteiger partial charge in [-0.3, -0.25) is 0 Å². The molecule has 0 heterocycles. The van der Waals surface area contributed by atoms with Crippen molar-refractivity contribution in [2.75, 3.05) is 17.7 Å². The molecule has 0 amide bonds. The molecular weight excluding hydrogens is 216 g/mol. The van der Waals surface area contributed by atoms with E-state index in [1.54, 1.807) is 25.1 Å². The van der Waals surface area contributed by atoms with E-state index in [2.05, 4.69) is 5.32 Å². The Labute approximate surface area is 102 Å². The molecule has 1 aromatic carbocycles. The largest absolute Gasteiger partial charge is 0.462 e. The second-order valence-corrected chi connectivity index (χ2v) is 4.90. The molecule has 94 valence electrons. The van der Waals surface area contributed by atoms with Gasteiger partial charge < -0.3 is 15.8 Å². The van der Waals surface area contributed by atoms with Crippen molar-refractivity contribution in [1.82, 2.24) is 0 Å². The number of anilines is 2. The zero-order valence-corrected chi connectivity index (χ0v) is 10.8. The third kappa shape index (κ3) is 3.98. The van der Waals surface area contributed by atoms with Crippen molar-refractivity contribution in [3.63, 3.8) is 0 Å². The van der Waals surface area contributed by atoms with Gasteiger partial charge in [0, 0.05) is 5.54 Å². The minimum atomic E-state index is -0.346. The number of nitrogen functional groups attached to an aromatic ring is 1. The summed E-state index contributed by atoms with van der Waals surface area (Å²) in [5, 5.41) is 3.27. The standard InChI is InChI=1S/C13H20N2O2/c1-5-17-12(16)9-6-7-11(10(14)8-9)15-13(2,3)4/h6-8,15H,5,14H2,1-4H3. The van der Waals surface area contributed by atoms with Crippen molar-refractivity contribution in [2.24, 2.45) is 0 Å². The van der Waals surface area contributed by atoms with Crippen LogP contribution >= 0.6 is 0 Å². The molecule has 0 spiro atoms. The molecule has 1 aromatic rings. The van der Waals surface area contributed by atoms with E-state index in [1.165, 1.54) is 0 Å². The lowest BCUT2D eigenvalue weighted by atomic mass is 10.1. The zero-order valence-electron chi connectivity index (χ0n) is 10.8. The summed E-state index contributed by atoms with van der Waals surface area (Å²) in [6, 6.07) is 5.14. The molecule has 0 atom stereocenters. The highest BCUT2D eigenvalue weighted by atomic mass is 16.5. The van der Waals surface area contributed by atoms with Crippen LogP contribution in [0.3, 0.4) is 0 Å². The predicted molar refractivity (Wildman–Crippen MR) is 70.2 cm³/mol. The van der Waals surface area contributed by atoms with Crippen molar-refractivity contribution in [1.29, 1.82) is 0 Å². The second-order valence-electron chi connectivity index (χ2n) is 4.90. The van der Waals surface area contributed by atoms with Gasteiger partial charge in [0.15, 0.2) is 0 Å². The fourth-order valence-electron chi connectivity index (χ4n) is 1.42. The van der Waals surface area contributed by atoms with Gasteiger partial charge in [-0.2, -0.15) is 0 Å². The molecule has 0 radical (unpaired) electrons. The predicted octanol–water partition coefficient (Wildman–Crippen LogP) is 2.66. The number of benzene rings is 1. The number of carbonyl (C=O) groups is 1. The highest BCUT2D eigenvalue weighted by Crippen LogP contribution is 2.23. The molecule has 0 bridgehead atoms. The first-order valence-corrected chi connectivity index (χ1v) is 5.68. The fourth-order valence-corrected chi connectivity index (χ4v) is 1.42. The van der Waals surface area contributed by atoms with E-state index in [0.717, 1.165) is 5.69 Å². The zero-order chi connectivity index (χ0) is 13.1. The summed E-state index contributed by atoms with van der Waals surface area (Å²) in [6.45, 7) is 8.28. The van der Waals surface area contributed by atoms with Crippen molar-refractivity contribution < 1.29 is 9.53 Å². The summed E-state index contributed by atoms with van der Waals surface area (Å²) in [4.78, 5) is 11.5. The Hall–Kier alpha value is -1.71. The van der Waals surface area contributed by atoms with Crippen LogP contribution in [0.4, 0.5) is 11.4 Å². The molecule has 4 nitrogen and oxygen atoms in total. The normalized spacial score (nSPS) is 11.1. The summed E-state index contributed by atoms with van der Waals surface area (Å²) >= 11 is 0. The van der Waals surface area contributed by atoms with Crippen molar-refractivity contribution >= 4 is 17.3 Å². The van der Waals surface area contributed by atoms with E-state index in [9.17, 15) is 4.79 Å². The third-order valence-electron chi connectivity index (χ3n) is 2.07. The van der Waals surface area contributed by atoms with Crippen molar-refractivity contribution in [2.45, 2.75) is 33.2 Å². The Balaban J connectivity index is 2.90. The molecule has 0 unspecified atom stereocenters. The highest BCUT2D eigenvalue weighted by molar-refractivity contribution is 5.92. The lowest BCUT2D eigenvalue weighted by Gasteiger charge is -2.23. The Morgan fingerprint density at radius 3 is 2.53 bits per heavy atom. The van der Waals surface area contributed by atoms with Gasteiger partial charge in [0.25, 0.3) is 0 Å². The maximum absolute atomic E-state index is 11.5. The number of nitrogens with two attached hydrogens (primary N) is 1. The van der Waals surface area contributed by atoms with Crippen LogP contribution in [0.1, 0.15) is 38.1 Å². The molecule has 3 N–H and O–H groups in total. The molecule has 1 rings (SSSR count). The van der Waals surface area contributed by atoms with Gasteiger partial charge in [0.2, 0.25) is 0 Å². The highest BCUT2D eigenvalue weighted by Gasteiger charge is 2.13. The van der Waals surface area contributed by atoms with E-state index in [0.29, 0.717) is 17.9 Å². The summed E-state index contributed by atoms with van der Waals surface area (Å²) in [7, 11) is 0. The number of nitrogens with one attached hydrogen (secondary N) is 1. The lowest BCUT2D eigenvalue weighted by molar-refractivity contribution is 0.0526. The first kappa shape index (κ1) is 13.4. The molecule has 0 aromatic heterocycles.